The van der Waals surface area contributed by atoms with Crippen LogP contribution in [0.4, 0.5) is 17.1 Å². The summed E-state index contributed by atoms with van der Waals surface area (Å²) in [5.74, 6) is 0.936. The third kappa shape index (κ3) is 4.41. The zero-order chi connectivity index (χ0) is 22.2. The van der Waals surface area contributed by atoms with Gasteiger partial charge in [-0.2, -0.15) is 0 Å². The van der Waals surface area contributed by atoms with Crippen LogP contribution in [0.1, 0.15) is 25.3 Å². The van der Waals surface area contributed by atoms with Gasteiger partial charge >= 0.3 is 0 Å². The number of nitrogens with zero attached hydrogens (tertiary/aromatic N) is 1. The second kappa shape index (κ2) is 8.07. The highest BCUT2D eigenvalue weighted by Gasteiger charge is 2.14. The highest BCUT2D eigenvalue weighted by atomic mass is 32.2. The van der Waals surface area contributed by atoms with Gasteiger partial charge in [-0.25, -0.2) is 13.4 Å². The molecule has 2 N–H and O–H groups in total. The van der Waals surface area contributed by atoms with Crippen molar-refractivity contribution >= 4 is 48.9 Å². The molecule has 0 aliphatic heterocycles. The Morgan fingerprint density at radius 3 is 2.39 bits per heavy atom. The lowest BCUT2D eigenvalue weighted by atomic mass is 9.99. The van der Waals surface area contributed by atoms with Crippen molar-refractivity contribution in [2.75, 3.05) is 23.4 Å². The molecule has 160 valence electrons. The molecule has 0 amide bonds. The van der Waals surface area contributed by atoms with Gasteiger partial charge in [-0.1, -0.05) is 44.2 Å². The van der Waals surface area contributed by atoms with Crippen LogP contribution in [-0.2, 0) is 10.0 Å². The van der Waals surface area contributed by atoms with E-state index in [0.717, 1.165) is 39.4 Å². The van der Waals surface area contributed by atoms with Crippen molar-refractivity contribution in [1.29, 1.82) is 0 Å². The van der Waals surface area contributed by atoms with Crippen LogP contribution in [0, 0.1) is 0 Å². The normalized spacial score (nSPS) is 11.8. The second-order valence-corrected chi connectivity index (χ2v) is 9.60. The van der Waals surface area contributed by atoms with Crippen LogP contribution in [-0.4, -0.2) is 26.8 Å². The van der Waals surface area contributed by atoms with Gasteiger partial charge in [-0.05, 0) is 35.7 Å². The number of methoxy groups -OCH3 is 1. The highest BCUT2D eigenvalue weighted by Crippen LogP contribution is 2.37. The van der Waals surface area contributed by atoms with Crippen molar-refractivity contribution in [2.45, 2.75) is 19.8 Å². The number of ether oxygens (including phenoxy) is 1. The smallest absolute Gasteiger partial charge is 0.229 e. The van der Waals surface area contributed by atoms with E-state index in [1.54, 1.807) is 25.3 Å². The molecule has 6 nitrogen and oxygen atoms in total. The van der Waals surface area contributed by atoms with Crippen LogP contribution in [0.2, 0.25) is 0 Å². The van der Waals surface area contributed by atoms with Crippen LogP contribution in [0.3, 0.4) is 0 Å². The van der Waals surface area contributed by atoms with Gasteiger partial charge < -0.3 is 10.1 Å². The van der Waals surface area contributed by atoms with Crippen molar-refractivity contribution < 1.29 is 13.2 Å². The van der Waals surface area contributed by atoms with E-state index in [1.165, 1.54) is 5.56 Å². The number of anilines is 3. The van der Waals surface area contributed by atoms with Crippen molar-refractivity contribution in [1.82, 2.24) is 4.98 Å². The molecule has 1 heterocycles. The first-order valence-electron chi connectivity index (χ1n) is 10.0. The number of sulfonamides is 1. The predicted octanol–water partition coefficient (Wildman–Crippen LogP) is 5.64. The summed E-state index contributed by atoms with van der Waals surface area (Å²) >= 11 is 0. The summed E-state index contributed by atoms with van der Waals surface area (Å²) in [7, 11) is -1.82. The van der Waals surface area contributed by atoms with Gasteiger partial charge in [0.25, 0.3) is 0 Å². The lowest BCUT2D eigenvalue weighted by Gasteiger charge is -2.17. The van der Waals surface area contributed by atoms with E-state index in [4.69, 9.17) is 9.72 Å². The average Bonchev–Trinajstić information content (AvgIpc) is 2.72. The third-order valence-corrected chi connectivity index (χ3v) is 5.74. The summed E-state index contributed by atoms with van der Waals surface area (Å²) in [5.41, 5.74) is 5.14. The maximum absolute atomic E-state index is 11.6. The van der Waals surface area contributed by atoms with Gasteiger partial charge in [-0.3, -0.25) is 4.72 Å². The minimum atomic E-state index is -3.38. The maximum atomic E-state index is 11.6. The molecule has 0 saturated carbocycles. The molecular weight excluding hydrogens is 410 g/mol. The zero-order valence-electron chi connectivity index (χ0n) is 17.9. The first kappa shape index (κ1) is 20.9. The Balaban J connectivity index is 1.87. The van der Waals surface area contributed by atoms with Crippen molar-refractivity contribution in [3.63, 3.8) is 0 Å². The minimum absolute atomic E-state index is 0.407. The van der Waals surface area contributed by atoms with Gasteiger partial charge in [0.05, 0.1) is 41.5 Å². The monoisotopic (exact) mass is 435 g/mol. The zero-order valence-corrected chi connectivity index (χ0v) is 18.7. The summed E-state index contributed by atoms with van der Waals surface area (Å²) < 4.78 is 31.2. The fraction of sp³-hybridized carbons (Fsp3) is 0.208. The number of para-hydroxylation sites is 1. The lowest BCUT2D eigenvalue weighted by molar-refractivity contribution is 0.417. The predicted molar refractivity (Wildman–Crippen MR) is 128 cm³/mol. The number of nitrogens with one attached hydrogen (secondary N) is 2. The fourth-order valence-electron chi connectivity index (χ4n) is 3.61. The number of benzene rings is 3. The number of fused-ring (bicyclic) bond motifs is 2. The molecule has 0 atom stereocenters. The number of aromatic nitrogens is 1. The summed E-state index contributed by atoms with van der Waals surface area (Å²) in [6.45, 7) is 4.33. The Kier molecular flexibility index (Phi) is 5.45. The topological polar surface area (TPSA) is 80.3 Å². The quantitative estimate of drug-likeness (QED) is 0.383. The molecule has 4 rings (SSSR count). The van der Waals surface area contributed by atoms with E-state index in [1.807, 2.05) is 24.3 Å². The molecule has 3 aromatic carbocycles. The molecular formula is C24H25N3O3S. The summed E-state index contributed by atoms with van der Waals surface area (Å²) in [6, 6.07) is 19.5. The van der Waals surface area contributed by atoms with Crippen molar-refractivity contribution in [2.24, 2.45) is 0 Å². The van der Waals surface area contributed by atoms with Crippen LogP contribution in [0.25, 0.3) is 21.8 Å². The van der Waals surface area contributed by atoms with Gasteiger partial charge in [0.1, 0.15) is 5.75 Å². The Bertz CT molecular complexity index is 1380. The third-order valence-electron chi connectivity index (χ3n) is 5.14. The first-order chi connectivity index (χ1) is 14.7. The number of hydrogen-bond acceptors (Lipinski definition) is 5. The molecule has 0 saturated heterocycles. The Morgan fingerprint density at radius 2 is 1.68 bits per heavy atom. The first-order valence-corrected chi connectivity index (χ1v) is 11.9. The molecule has 0 fully saturated rings. The molecule has 0 unspecified atom stereocenters. The number of hydrogen-bond donors (Lipinski definition) is 2. The van der Waals surface area contributed by atoms with Crippen LogP contribution >= 0.6 is 0 Å². The Morgan fingerprint density at radius 1 is 0.935 bits per heavy atom. The minimum Gasteiger partial charge on any atom is -0.494 e. The van der Waals surface area contributed by atoms with Gasteiger partial charge in [0.15, 0.2) is 0 Å². The second-order valence-electron chi connectivity index (χ2n) is 7.85. The maximum Gasteiger partial charge on any atom is 0.229 e. The lowest BCUT2D eigenvalue weighted by Crippen LogP contribution is -2.09. The highest BCUT2D eigenvalue weighted by molar-refractivity contribution is 7.92. The van der Waals surface area contributed by atoms with Crippen molar-refractivity contribution in [3.05, 3.63) is 66.2 Å². The van der Waals surface area contributed by atoms with Gasteiger partial charge in [0.2, 0.25) is 10.0 Å². The number of pyridine rings is 1. The van der Waals surface area contributed by atoms with E-state index < -0.39 is 10.0 Å². The van der Waals surface area contributed by atoms with Crippen LogP contribution in [0.5, 0.6) is 5.75 Å². The molecule has 0 bridgehead atoms. The molecule has 1 aromatic heterocycles. The van der Waals surface area contributed by atoms with E-state index in [0.29, 0.717) is 17.4 Å². The van der Waals surface area contributed by atoms with Crippen LogP contribution < -0.4 is 14.8 Å². The summed E-state index contributed by atoms with van der Waals surface area (Å²) in [4.78, 5) is 4.87. The molecule has 0 aliphatic carbocycles. The molecule has 31 heavy (non-hydrogen) atoms. The number of rotatable bonds is 6. The molecule has 4 aromatic rings. The molecule has 0 spiro atoms. The fourth-order valence-corrected chi connectivity index (χ4v) is 4.17. The van der Waals surface area contributed by atoms with Gasteiger partial charge in [0, 0.05) is 16.8 Å². The van der Waals surface area contributed by atoms with Crippen LogP contribution in [0.15, 0.2) is 60.7 Å². The Labute approximate surface area is 182 Å². The molecule has 0 radical (unpaired) electrons. The van der Waals surface area contributed by atoms with E-state index in [9.17, 15) is 8.42 Å². The molecule has 7 heteroatoms. The summed E-state index contributed by atoms with van der Waals surface area (Å²) in [5, 5.41) is 5.50. The summed E-state index contributed by atoms with van der Waals surface area (Å²) in [6.07, 6.45) is 1.12. The van der Waals surface area contributed by atoms with E-state index >= 15 is 0 Å². The largest absolute Gasteiger partial charge is 0.494 e. The Hall–Kier alpha value is -3.32. The van der Waals surface area contributed by atoms with Crippen molar-refractivity contribution in [3.8, 4) is 5.75 Å². The molecule has 0 aliphatic rings. The average molecular weight is 436 g/mol. The van der Waals surface area contributed by atoms with Gasteiger partial charge in [-0.15, -0.1) is 0 Å². The van der Waals surface area contributed by atoms with E-state index in [2.05, 4.69) is 42.1 Å². The standard InChI is InChI=1S/C24H25N3O3S/c1-15(2)16-9-11-19-22(13-16)25-20-8-6-5-7-18(20)24(19)26-21-12-10-17(14-23(21)30-3)27-31(4,28)29/h5-15,27H,1-4H3,(H,25,26). The SMILES string of the molecule is COc1cc(NS(C)(=O)=O)ccc1Nc1c2ccccc2nc2cc(C(C)C)ccc12. The van der Waals surface area contributed by atoms with E-state index in [-0.39, 0.29) is 0 Å².